The number of fused-ring (bicyclic) bond motifs is 1. The first-order valence-electron chi connectivity index (χ1n) is 7.34. The van der Waals surface area contributed by atoms with E-state index in [0.717, 1.165) is 11.3 Å². The number of aromatic nitrogens is 1. The van der Waals surface area contributed by atoms with E-state index in [1.807, 2.05) is 0 Å². The molecule has 10 nitrogen and oxygen atoms in total. The quantitative estimate of drug-likeness (QED) is 0.363. The molecule has 3 rings (SSSR count). The van der Waals surface area contributed by atoms with Gasteiger partial charge in [0.2, 0.25) is 0 Å². The van der Waals surface area contributed by atoms with Gasteiger partial charge in [0, 0.05) is 5.38 Å². The summed E-state index contributed by atoms with van der Waals surface area (Å²) >= 11 is 1.14. The van der Waals surface area contributed by atoms with Crippen LogP contribution in [0.25, 0.3) is 0 Å². The molecule has 0 aromatic carbocycles. The van der Waals surface area contributed by atoms with Crippen molar-refractivity contribution >= 4 is 40.0 Å². The van der Waals surface area contributed by atoms with Gasteiger partial charge in [-0.05, 0) is 12.8 Å². The molecule has 0 saturated carbocycles. The van der Waals surface area contributed by atoms with Crippen molar-refractivity contribution in [3.8, 4) is 0 Å². The van der Waals surface area contributed by atoms with E-state index in [1.165, 1.54) is 18.1 Å². The van der Waals surface area contributed by atoms with Crippen LogP contribution in [0.4, 0.5) is 5.13 Å². The van der Waals surface area contributed by atoms with Gasteiger partial charge in [-0.2, -0.15) is 0 Å². The lowest BCUT2D eigenvalue weighted by Gasteiger charge is -2.48. The highest BCUT2D eigenvalue weighted by Crippen LogP contribution is 2.33. The number of β-lactam (4-membered cyclic amide) rings is 1. The molecule has 2 aliphatic rings. The van der Waals surface area contributed by atoms with Crippen LogP contribution < -0.4 is 11.1 Å². The van der Waals surface area contributed by atoms with E-state index >= 15 is 0 Å². The Labute approximate surface area is 145 Å². The standard InChI is InChI=1S/C14H15N5O5S/c1-24-18-9(6-5-25-14(15)16-6)11(20)17-10-7-3-2-4-8(13(22)23)19(7)12(10)21/h4-5,7,10H,2-3H2,1H3,(H2,15,16)(H,17,20)(H,22,23)/t7-,10-/m0/s1. The molecule has 0 unspecified atom stereocenters. The van der Waals surface area contributed by atoms with Gasteiger partial charge in [0.05, 0.1) is 6.04 Å². The number of thiazole rings is 1. The number of nitrogens with two attached hydrogens (primary N) is 1. The number of hydrogen-bond donors (Lipinski definition) is 3. The lowest BCUT2D eigenvalue weighted by Crippen LogP contribution is -2.71. The zero-order valence-electron chi connectivity index (χ0n) is 13.1. The van der Waals surface area contributed by atoms with Gasteiger partial charge in [0.1, 0.15) is 24.5 Å². The first-order valence-corrected chi connectivity index (χ1v) is 8.22. The van der Waals surface area contributed by atoms with Crippen LogP contribution in [-0.4, -0.2) is 57.7 Å². The normalized spacial score (nSPS) is 22.6. The summed E-state index contributed by atoms with van der Waals surface area (Å²) < 4.78 is 0. The molecule has 132 valence electrons. The topological polar surface area (TPSA) is 147 Å². The van der Waals surface area contributed by atoms with Crippen LogP contribution in [0.1, 0.15) is 18.5 Å². The molecule has 11 heteroatoms. The second-order valence-corrected chi connectivity index (χ2v) is 6.28. The Kier molecular flexibility index (Phi) is 4.40. The molecule has 2 amide bonds. The fraction of sp³-hybridized carbons (Fsp3) is 0.357. The van der Waals surface area contributed by atoms with Crippen LogP contribution in [0.2, 0.25) is 0 Å². The maximum atomic E-state index is 12.5. The van der Waals surface area contributed by atoms with Crippen molar-refractivity contribution in [1.29, 1.82) is 0 Å². The number of aliphatic carboxylic acids is 1. The molecule has 1 fully saturated rings. The molecule has 2 atom stereocenters. The number of carbonyl (C=O) groups excluding carboxylic acids is 2. The van der Waals surface area contributed by atoms with E-state index in [2.05, 4.69) is 20.3 Å². The zero-order valence-corrected chi connectivity index (χ0v) is 13.9. The van der Waals surface area contributed by atoms with Crippen molar-refractivity contribution in [1.82, 2.24) is 15.2 Å². The molecule has 0 radical (unpaired) electrons. The van der Waals surface area contributed by atoms with Crippen LogP contribution >= 0.6 is 11.3 Å². The first kappa shape index (κ1) is 16.9. The molecule has 3 heterocycles. The summed E-state index contributed by atoms with van der Waals surface area (Å²) in [6.45, 7) is 0. The lowest BCUT2D eigenvalue weighted by molar-refractivity contribution is -0.155. The average Bonchev–Trinajstić information content (AvgIpc) is 3.02. The maximum Gasteiger partial charge on any atom is 0.352 e. The minimum absolute atomic E-state index is 0.0511. The second-order valence-electron chi connectivity index (χ2n) is 5.39. The molecular weight excluding hydrogens is 350 g/mol. The van der Waals surface area contributed by atoms with Crippen molar-refractivity contribution in [3.05, 3.63) is 22.8 Å². The number of nitrogen functional groups attached to an aromatic ring is 1. The van der Waals surface area contributed by atoms with Crippen LogP contribution in [0.3, 0.4) is 0 Å². The van der Waals surface area contributed by atoms with E-state index in [-0.39, 0.29) is 22.2 Å². The highest BCUT2D eigenvalue weighted by atomic mass is 32.1. The molecule has 1 saturated heterocycles. The number of carboxylic acid groups (broad SMARTS) is 1. The van der Waals surface area contributed by atoms with Gasteiger partial charge < -0.3 is 21.0 Å². The first-order chi connectivity index (χ1) is 11.9. The maximum absolute atomic E-state index is 12.5. The van der Waals surface area contributed by atoms with Crippen LogP contribution in [0.15, 0.2) is 22.3 Å². The molecule has 0 bridgehead atoms. The smallest absolute Gasteiger partial charge is 0.352 e. The highest BCUT2D eigenvalue weighted by molar-refractivity contribution is 7.13. The predicted octanol–water partition coefficient (Wildman–Crippen LogP) is -0.466. The Morgan fingerprint density at radius 1 is 1.56 bits per heavy atom. The molecule has 1 aromatic rings. The summed E-state index contributed by atoms with van der Waals surface area (Å²) in [5.74, 6) is -2.28. The Bertz CT molecular complexity index is 801. The van der Waals surface area contributed by atoms with E-state index in [1.54, 1.807) is 5.38 Å². The van der Waals surface area contributed by atoms with Crippen molar-refractivity contribution in [3.63, 3.8) is 0 Å². The number of carbonyl (C=O) groups is 3. The third-order valence-corrected chi connectivity index (χ3v) is 4.62. The monoisotopic (exact) mass is 365 g/mol. The fourth-order valence-electron chi connectivity index (χ4n) is 2.88. The van der Waals surface area contributed by atoms with Gasteiger partial charge in [-0.1, -0.05) is 11.2 Å². The third-order valence-electron chi connectivity index (χ3n) is 3.95. The predicted molar refractivity (Wildman–Crippen MR) is 87.6 cm³/mol. The fourth-order valence-corrected chi connectivity index (χ4v) is 3.42. The van der Waals surface area contributed by atoms with Gasteiger partial charge in [-0.15, -0.1) is 11.3 Å². The highest BCUT2D eigenvalue weighted by Gasteiger charge is 2.52. The third kappa shape index (κ3) is 2.93. The van der Waals surface area contributed by atoms with Crippen LogP contribution in [-0.2, 0) is 19.2 Å². The minimum Gasteiger partial charge on any atom is -0.477 e. The number of carboxylic acids is 1. The number of nitrogens with zero attached hydrogens (tertiary/aromatic N) is 3. The number of rotatable bonds is 5. The number of amides is 2. The Morgan fingerprint density at radius 3 is 2.92 bits per heavy atom. The van der Waals surface area contributed by atoms with Crippen molar-refractivity contribution in [2.75, 3.05) is 12.8 Å². The molecule has 0 aliphatic carbocycles. The Balaban J connectivity index is 1.75. The van der Waals surface area contributed by atoms with E-state index in [9.17, 15) is 14.4 Å². The minimum atomic E-state index is -1.16. The summed E-state index contributed by atoms with van der Waals surface area (Å²) in [5.41, 5.74) is 5.64. The molecule has 25 heavy (non-hydrogen) atoms. The summed E-state index contributed by atoms with van der Waals surface area (Å²) in [5, 5.41) is 17.2. The number of oxime groups is 1. The van der Waals surface area contributed by atoms with Crippen LogP contribution in [0, 0.1) is 0 Å². The number of hydrogen-bond acceptors (Lipinski definition) is 8. The van der Waals surface area contributed by atoms with Crippen LogP contribution in [0.5, 0.6) is 0 Å². The lowest BCUT2D eigenvalue weighted by atomic mass is 9.86. The summed E-state index contributed by atoms with van der Waals surface area (Å²) in [7, 11) is 1.28. The Morgan fingerprint density at radius 2 is 2.32 bits per heavy atom. The molecule has 1 aromatic heterocycles. The molecule has 0 spiro atoms. The average molecular weight is 365 g/mol. The van der Waals surface area contributed by atoms with E-state index in [0.29, 0.717) is 12.8 Å². The van der Waals surface area contributed by atoms with Crippen molar-refractivity contribution < 1.29 is 24.3 Å². The van der Waals surface area contributed by atoms with Crippen molar-refractivity contribution in [2.45, 2.75) is 24.9 Å². The largest absolute Gasteiger partial charge is 0.477 e. The van der Waals surface area contributed by atoms with Crippen molar-refractivity contribution in [2.24, 2.45) is 5.16 Å². The second kappa shape index (κ2) is 6.51. The van der Waals surface area contributed by atoms with E-state index < -0.39 is 29.9 Å². The summed E-state index contributed by atoms with van der Waals surface area (Å²) in [6, 6.07) is -1.20. The molecule has 2 aliphatic heterocycles. The van der Waals surface area contributed by atoms with E-state index in [4.69, 9.17) is 10.8 Å². The Hall–Kier alpha value is -2.95. The number of allylic oxidation sites excluding steroid dienone is 1. The summed E-state index contributed by atoms with van der Waals surface area (Å²) in [6.07, 6.45) is 2.59. The molecule has 4 N–H and O–H groups in total. The van der Waals surface area contributed by atoms with Gasteiger partial charge in [0.15, 0.2) is 10.8 Å². The summed E-state index contributed by atoms with van der Waals surface area (Å²) in [4.78, 5) is 45.8. The molecular formula is C14H15N5O5S. The number of anilines is 1. The zero-order chi connectivity index (χ0) is 18.1. The number of nitrogens with one attached hydrogen (secondary N) is 1. The SMILES string of the molecule is CON=C(C(=O)N[C@@H]1C(=O)N2C(C(=O)O)=CCC[C@@H]12)c1csc(N)n1. The van der Waals surface area contributed by atoms with Gasteiger partial charge >= 0.3 is 5.97 Å². The van der Waals surface area contributed by atoms with Gasteiger partial charge in [0.25, 0.3) is 11.8 Å². The van der Waals surface area contributed by atoms with Gasteiger partial charge in [-0.3, -0.25) is 14.5 Å². The van der Waals surface area contributed by atoms with Gasteiger partial charge in [-0.25, -0.2) is 9.78 Å².